The van der Waals surface area contributed by atoms with Crippen LogP contribution in [0.3, 0.4) is 0 Å². The number of ketones is 1. The summed E-state index contributed by atoms with van der Waals surface area (Å²) in [7, 11) is 1.56. The molecule has 104 valence electrons. The smallest absolute Gasteiger partial charge is 0.323 e. The highest BCUT2D eigenvalue weighted by molar-refractivity contribution is 9.09. The molecule has 0 heterocycles. The number of benzene rings is 1. The largest absolute Gasteiger partial charge is 0.497 e. The number of Topliss-reactive ketones (excluding diaryl/α,β-unsaturated/α-hetero) is 1. The first-order valence-corrected chi connectivity index (χ1v) is 7.03. The van der Waals surface area contributed by atoms with E-state index in [2.05, 4.69) is 15.9 Å². The minimum Gasteiger partial charge on any atom is -0.497 e. The molecule has 0 spiro atoms. The third kappa shape index (κ3) is 3.15. The second-order valence-electron chi connectivity index (χ2n) is 4.13. The van der Waals surface area contributed by atoms with Gasteiger partial charge in [0.2, 0.25) is 0 Å². The number of ether oxygens (including phenoxy) is 2. The molecule has 1 atom stereocenters. The molecule has 0 aliphatic carbocycles. The molecule has 0 aliphatic heterocycles. The average molecular weight is 329 g/mol. The Morgan fingerprint density at radius 2 is 1.84 bits per heavy atom. The molecule has 4 nitrogen and oxygen atoms in total. The first-order valence-electron chi connectivity index (χ1n) is 5.91. The lowest BCUT2D eigenvalue weighted by molar-refractivity contribution is -0.152. The summed E-state index contributed by atoms with van der Waals surface area (Å²) in [5.74, 6) is -0.109. The Morgan fingerprint density at radius 1 is 1.26 bits per heavy atom. The molecule has 19 heavy (non-hydrogen) atoms. The summed E-state index contributed by atoms with van der Waals surface area (Å²) in [5.41, 5.74) is -0.706. The van der Waals surface area contributed by atoms with E-state index in [9.17, 15) is 9.59 Å². The van der Waals surface area contributed by atoms with Gasteiger partial charge in [-0.25, -0.2) is 0 Å². The number of methoxy groups -OCH3 is 1. The summed E-state index contributed by atoms with van der Waals surface area (Å²) < 4.78 is 10.1. The van der Waals surface area contributed by atoms with E-state index in [4.69, 9.17) is 9.47 Å². The van der Waals surface area contributed by atoms with E-state index in [-0.39, 0.29) is 17.7 Å². The number of esters is 1. The van der Waals surface area contributed by atoms with Crippen molar-refractivity contribution in [2.24, 2.45) is 0 Å². The van der Waals surface area contributed by atoms with E-state index >= 15 is 0 Å². The quantitative estimate of drug-likeness (QED) is 0.457. The molecule has 0 saturated heterocycles. The first-order chi connectivity index (χ1) is 9.00. The Bertz CT molecular complexity index is 455. The van der Waals surface area contributed by atoms with Gasteiger partial charge in [-0.15, -0.1) is 0 Å². The van der Waals surface area contributed by atoms with Crippen LogP contribution in [0.25, 0.3) is 0 Å². The van der Waals surface area contributed by atoms with Gasteiger partial charge in [-0.1, -0.05) is 28.1 Å². The van der Waals surface area contributed by atoms with Gasteiger partial charge < -0.3 is 9.47 Å². The average Bonchev–Trinajstić information content (AvgIpc) is 2.45. The van der Waals surface area contributed by atoms with Crippen LogP contribution in [0.4, 0.5) is 0 Å². The fourth-order valence-electron chi connectivity index (χ4n) is 1.73. The van der Waals surface area contributed by atoms with E-state index in [1.165, 1.54) is 0 Å². The number of hydrogen-bond acceptors (Lipinski definition) is 4. The molecule has 1 unspecified atom stereocenters. The van der Waals surface area contributed by atoms with Crippen molar-refractivity contribution in [1.82, 2.24) is 0 Å². The van der Waals surface area contributed by atoms with Gasteiger partial charge in [0.05, 0.1) is 19.0 Å². The van der Waals surface area contributed by atoms with E-state index in [1.54, 1.807) is 45.2 Å². The Labute approximate surface area is 121 Å². The minimum absolute atomic E-state index is 0.0916. The van der Waals surface area contributed by atoms with Gasteiger partial charge in [0.1, 0.15) is 11.2 Å². The minimum atomic E-state index is -1.30. The number of carbonyl (C=O) groups excluding carboxylic acids is 2. The highest BCUT2D eigenvalue weighted by Crippen LogP contribution is 2.29. The summed E-state index contributed by atoms with van der Waals surface area (Å²) in [6.45, 7) is 3.53. The Morgan fingerprint density at radius 3 is 2.26 bits per heavy atom. The van der Waals surface area contributed by atoms with Crippen LogP contribution >= 0.6 is 15.9 Å². The third-order valence-electron chi connectivity index (χ3n) is 3.03. The summed E-state index contributed by atoms with van der Waals surface area (Å²) in [5, 5.41) is 0.0916. The first kappa shape index (κ1) is 15.7. The molecule has 1 aromatic rings. The van der Waals surface area contributed by atoms with Crippen molar-refractivity contribution in [3.05, 3.63) is 29.8 Å². The van der Waals surface area contributed by atoms with E-state index in [1.807, 2.05) is 0 Å². The molecule has 1 aromatic carbocycles. The number of alkyl halides is 1. The molecule has 0 amide bonds. The van der Waals surface area contributed by atoms with Crippen molar-refractivity contribution >= 4 is 27.7 Å². The molecular weight excluding hydrogens is 312 g/mol. The van der Waals surface area contributed by atoms with Crippen LogP contribution in [-0.2, 0) is 19.7 Å². The molecular formula is C14H17BrO4. The van der Waals surface area contributed by atoms with Gasteiger partial charge in [0.15, 0.2) is 5.78 Å². The highest BCUT2D eigenvalue weighted by atomic mass is 79.9. The normalized spacial score (nSPS) is 13.5. The molecule has 0 aromatic heterocycles. The fourth-order valence-corrected chi connectivity index (χ4v) is 2.29. The lowest BCUT2D eigenvalue weighted by atomic mass is 9.79. The summed E-state index contributed by atoms with van der Waals surface area (Å²) in [4.78, 5) is 24.3. The van der Waals surface area contributed by atoms with E-state index in [0.717, 1.165) is 0 Å². The molecule has 0 fully saturated rings. The van der Waals surface area contributed by atoms with Gasteiger partial charge in [-0.3, -0.25) is 9.59 Å². The van der Waals surface area contributed by atoms with Crippen LogP contribution in [0.1, 0.15) is 19.4 Å². The standard InChI is InChI=1S/C14H17BrO4/c1-4-19-13(17)14(2,12(16)9-15)10-5-7-11(18-3)8-6-10/h5-8H,4,9H2,1-3H3. The number of rotatable bonds is 6. The Balaban J connectivity index is 3.22. The molecule has 0 bridgehead atoms. The van der Waals surface area contributed by atoms with Crippen LogP contribution in [0.15, 0.2) is 24.3 Å². The molecule has 1 rings (SSSR count). The number of carbonyl (C=O) groups is 2. The Kier molecular flexibility index (Phi) is 5.54. The van der Waals surface area contributed by atoms with Crippen molar-refractivity contribution < 1.29 is 19.1 Å². The zero-order valence-electron chi connectivity index (χ0n) is 11.2. The van der Waals surface area contributed by atoms with Crippen molar-refractivity contribution in [2.75, 3.05) is 19.0 Å². The van der Waals surface area contributed by atoms with Crippen molar-refractivity contribution in [1.29, 1.82) is 0 Å². The van der Waals surface area contributed by atoms with Gasteiger partial charge >= 0.3 is 5.97 Å². The highest BCUT2D eigenvalue weighted by Gasteiger charge is 2.43. The predicted molar refractivity (Wildman–Crippen MR) is 75.8 cm³/mol. The lowest BCUT2D eigenvalue weighted by Gasteiger charge is -2.25. The maximum Gasteiger partial charge on any atom is 0.323 e. The monoisotopic (exact) mass is 328 g/mol. The lowest BCUT2D eigenvalue weighted by Crippen LogP contribution is -2.43. The van der Waals surface area contributed by atoms with Crippen LogP contribution in [0, 0.1) is 0 Å². The molecule has 0 N–H and O–H groups in total. The molecule has 5 heteroatoms. The second kappa shape index (κ2) is 6.70. The van der Waals surface area contributed by atoms with Gasteiger partial charge in [-0.2, -0.15) is 0 Å². The fraction of sp³-hybridized carbons (Fsp3) is 0.429. The van der Waals surface area contributed by atoms with Gasteiger partial charge in [-0.05, 0) is 31.5 Å². The van der Waals surface area contributed by atoms with E-state index < -0.39 is 11.4 Å². The van der Waals surface area contributed by atoms with Crippen LogP contribution in [0.2, 0.25) is 0 Å². The second-order valence-corrected chi connectivity index (χ2v) is 4.69. The van der Waals surface area contributed by atoms with Crippen LogP contribution in [0.5, 0.6) is 5.75 Å². The van der Waals surface area contributed by atoms with Crippen molar-refractivity contribution in [3.63, 3.8) is 0 Å². The van der Waals surface area contributed by atoms with E-state index in [0.29, 0.717) is 11.3 Å². The summed E-state index contributed by atoms with van der Waals surface area (Å²) >= 11 is 3.11. The number of hydrogen-bond donors (Lipinski definition) is 0. The van der Waals surface area contributed by atoms with Gasteiger partial charge in [0.25, 0.3) is 0 Å². The molecule has 0 saturated carbocycles. The maximum atomic E-state index is 12.1. The zero-order valence-corrected chi connectivity index (χ0v) is 12.8. The van der Waals surface area contributed by atoms with Crippen molar-refractivity contribution in [3.8, 4) is 5.75 Å². The van der Waals surface area contributed by atoms with Gasteiger partial charge in [0, 0.05) is 0 Å². The third-order valence-corrected chi connectivity index (χ3v) is 3.54. The zero-order chi connectivity index (χ0) is 14.5. The topological polar surface area (TPSA) is 52.6 Å². The maximum absolute atomic E-state index is 12.1. The predicted octanol–water partition coefficient (Wildman–Crippen LogP) is 2.48. The molecule has 0 radical (unpaired) electrons. The SMILES string of the molecule is CCOC(=O)C(C)(C(=O)CBr)c1ccc(OC)cc1. The van der Waals surface area contributed by atoms with Crippen molar-refractivity contribution in [2.45, 2.75) is 19.3 Å². The number of halogens is 1. The van der Waals surface area contributed by atoms with Crippen LogP contribution in [-0.4, -0.2) is 30.8 Å². The summed E-state index contributed by atoms with van der Waals surface area (Å²) in [6.07, 6.45) is 0. The van der Waals surface area contributed by atoms with Crippen LogP contribution < -0.4 is 4.74 Å². The molecule has 0 aliphatic rings. The summed E-state index contributed by atoms with van der Waals surface area (Å²) in [6, 6.07) is 6.84. The Hall–Kier alpha value is -1.36.